The molecule has 1 heterocycles. The highest BCUT2D eigenvalue weighted by Crippen LogP contribution is 2.34. The van der Waals surface area contributed by atoms with Gasteiger partial charge in [-0.3, -0.25) is 19.7 Å². The molecule has 0 saturated heterocycles. The van der Waals surface area contributed by atoms with Gasteiger partial charge < -0.3 is 15.4 Å². The summed E-state index contributed by atoms with van der Waals surface area (Å²) < 4.78 is 4.83. The van der Waals surface area contributed by atoms with E-state index in [9.17, 15) is 24.5 Å². The normalized spacial score (nSPS) is 11.4. The van der Waals surface area contributed by atoms with Crippen LogP contribution in [0, 0.1) is 17.0 Å². The average molecular weight is 468 g/mol. The van der Waals surface area contributed by atoms with Crippen molar-refractivity contribution in [3.8, 4) is 0 Å². The van der Waals surface area contributed by atoms with Crippen LogP contribution in [-0.2, 0) is 4.74 Å². The van der Waals surface area contributed by atoms with E-state index in [-0.39, 0.29) is 32.7 Å². The van der Waals surface area contributed by atoms with Gasteiger partial charge in [0, 0.05) is 17.7 Å². The van der Waals surface area contributed by atoms with Crippen LogP contribution in [0.15, 0.2) is 54.6 Å². The lowest BCUT2D eigenvalue weighted by molar-refractivity contribution is -0.384. The molecule has 3 aromatic rings. The molecule has 0 radical (unpaired) electrons. The summed E-state index contributed by atoms with van der Waals surface area (Å²) in [5.41, 5.74) is 1.12. The Bertz CT molecular complexity index is 1220. The molecule has 2 N–H and O–H groups in total. The first kappa shape index (κ1) is 23.6. The maximum atomic E-state index is 13.0. The van der Waals surface area contributed by atoms with Gasteiger partial charge in [-0.1, -0.05) is 36.4 Å². The fraction of sp³-hybridized carbons (Fsp3) is 0.174. The molecular weight excluding hydrogens is 446 g/mol. The van der Waals surface area contributed by atoms with E-state index in [1.807, 2.05) is 37.3 Å². The maximum absolute atomic E-state index is 13.0. The monoisotopic (exact) mass is 467 g/mol. The number of hydrogen-bond acceptors (Lipinski definition) is 7. The summed E-state index contributed by atoms with van der Waals surface area (Å²) >= 11 is 0.930. The minimum absolute atomic E-state index is 0.0368. The fourth-order valence-corrected chi connectivity index (χ4v) is 4.28. The number of benzene rings is 2. The van der Waals surface area contributed by atoms with E-state index in [1.54, 1.807) is 6.92 Å². The predicted octanol–water partition coefficient (Wildman–Crippen LogP) is 4.49. The highest BCUT2D eigenvalue weighted by Gasteiger charge is 2.27. The second kappa shape index (κ2) is 10.0. The van der Waals surface area contributed by atoms with Gasteiger partial charge in [-0.2, -0.15) is 0 Å². The zero-order valence-corrected chi connectivity index (χ0v) is 18.9. The summed E-state index contributed by atoms with van der Waals surface area (Å²) in [7, 11) is 1.20. The maximum Gasteiger partial charge on any atom is 0.341 e. The Morgan fingerprint density at radius 2 is 1.76 bits per heavy atom. The first-order valence-corrected chi connectivity index (χ1v) is 10.7. The molecule has 33 heavy (non-hydrogen) atoms. The Balaban J connectivity index is 1.90. The van der Waals surface area contributed by atoms with Crippen LogP contribution in [0.4, 0.5) is 10.7 Å². The van der Waals surface area contributed by atoms with Crippen LogP contribution in [0.3, 0.4) is 0 Å². The number of nitrogens with zero attached hydrogens (tertiary/aromatic N) is 1. The zero-order valence-electron chi connectivity index (χ0n) is 18.1. The molecule has 0 fully saturated rings. The van der Waals surface area contributed by atoms with Crippen LogP contribution in [-0.4, -0.2) is 29.8 Å². The molecule has 0 aliphatic carbocycles. The van der Waals surface area contributed by atoms with Crippen molar-refractivity contribution >= 4 is 39.8 Å². The fourth-order valence-electron chi connectivity index (χ4n) is 3.19. The third-order valence-electron chi connectivity index (χ3n) is 4.94. The first-order chi connectivity index (χ1) is 15.7. The van der Waals surface area contributed by atoms with E-state index in [0.717, 1.165) is 23.0 Å². The van der Waals surface area contributed by atoms with Crippen molar-refractivity contribution in [2.24, 2.45) is 0 Å². The lowest BCUT2D eigenvalue weighted by Gasteiger charge is -2.14. The second-order valence-electron chi connectivity index (χ2n) is 7.12. The summed E-state index contributed by atoms with van der Waals surface area (Å²) in [6.45, 7) is 3.43. The van der Waals surface area contributed by atoms with E-state index in [0.29, 0.717) is 5.56 Å². The molecular formula is C23H21N3O6S. The van der Waals surface area contributed by atoms with Gasteiger partial charge in [0.05, 0.1) is 28.5 Å². The largest absolute Gasteiger partial charge is 0.465 e. The summed E-state index contributed by atoms with van der Waals surface area (Å²) in [4.78, 5) is 48.7. The number of nitro benzene ring substituents is 1. The van der Waals surface area contributed by atoms with Gasteiger partial charge in [-0.05, 0) is 31.0 Å². The van der Waals surface area contributed by atoms with Crippen molar-refractivity contribution in [2.75, 3.05) is 12.4 Å². The molecule has 0 aliphatic heterocycles. The Morgan fingerprint density at radius 1 is 1.06 bits per heavy atom. The summed E-state index contributed by atoms with van der Waals surface area (Å²) in [5, 5.41) is 16.6. The van der Waals surface area contributed by atoms with Crippen molar-refractivity contribution in [3.05, 3.63) is 91.8 Å². The third kappa shape index (κ3) is 5.24. The molecule has 9 nitrogen and oxygen atoms in total. The molecule has 1 aromatic heterocycles. The van der Waals surface area contributed by atoms with Gasteiger partial charge in [0.1, 0.15) is 5.00 Å². The summed E-state index contributed by atoms with van der Waals surface area (Å²) in [5.74, 6) is -1.78. The zero-order chi connectivity index (χ0) is 24.1. The van der Waals surface area contributed by atoms with E-state index >= 15 is 0 Å². The topological polar surface area (TPSA) is 128 Å². The third-order valence-corrected chi connectivity index (χ3v) is 6.14. The number of esters is 1. The molecule has 0 spiro atoms. The van der Waals surface area contributed by atoms with Crippen molar-refractivity contribution < 1.29 is 24.0 Å². The number of carbonyl (C=O) groups excluding carboxylic acids is 3. The minimum atomic E-state index is -0.715. The van der Waals surface area contributed by atoms with Crippen molar-refractivity contribution in [1.29, 1.82) is 0 Å². The Hall–Kier alpha value is -4.05. The van der Waals surface area contributed by atoms with Crippen LogP contribution in [0.1, 0.15) is 54.5 Å². The summed E-state index contributed by atoms with van der Waals surface area (Å²) in [6.07, 6.45) is 0. The number of anilines is 1. The van der Waals surface area contributed by atoms with Gasteiger partial charge in [0.25, 0.3) is 17.5 Å². The molecule has 3 rings (SSSR count). The Labute approximate surface area is 193 Å². The number of nitrogens with one attached hydrogen (secondary N) is 2. The van der Waals surface area contributed by atoms with Crippen molar-refractivity contribution in [2.45, 2.75) is 19.9 Å². The Kier molecular flexibility index (Phi) is 7.19. The van der Waals surface area contributed by atoms with Gasteiger partial charge in [0.2, 0.25) is 0 Å². The second-order valence-corrected chi connectivity index (χ2v) is 8.14. The quantitative estimate of drug-likeness (QED) is 0.299. The van der Waals surface area contributed by atoms with Crippen molar-refractivity contribution in [3.63, 3.8) is 0 Å². The number of hydrogen-bond donors (Lipinski definition) is 2. The highest BCUT2D eigenvalue weighted by molar-refractivity contribution is 7.18. The van der Waals surface area contributed by atoms with E-state index < -0.39 is 22.7 Å². The van der Waals surface area contributed by atoms with E-state index in [4.69, 9.17) is 4.74 Å². The van der Waals surface area contributed by atoms with Crippen LogP contribution in [0.5, 0.6) is 0 Å². The number of amides is 2. The summed E-state index contributed by atoms with van der Waals surface area (Å²) in [6, 6.07) is 14.3. The van der Waals surface area contributed by atoms with E-state index in [1.165, 1.54) is 25.3 Å². The smallest absolute Gasteiger partial charge is 0.341 e. The molecule has 2 amide bonds. The van der Waals surface area contributed by atoms with E-state index in [2.05, 4.69) is 10.6 Å². The molecule has 0 saturated carbocycles. The van der Waals surface area contributed by atoms with Crippen LogP contribution < -0.4 is 10.6 Å². The molecule has 1 unspecified atom stereocenters. The number of ether oxygens (including phenoxy) is 1. The number of thiophene rings is 1. The van der Waals surface area contributed by atoms with Gasteiger partial charge >= 0.3 is 5.97 Å². The molecule has 2 aromatic carbocycles. The number of methoxy groups -OCH3 is 1. The van der Waals surface area contributed by atoms with Crippen LogP contribution in [0.25, 0.3) is 0 Å². The minimum Gasteiger partial charge on any atom is -0.465 e. The molecule has 0 bridgehead atoms. The van der Waals surface area contributed by atoms with Crippen LogP contribution in [0.2, 0.25) is 0 Å². The molecule has 1 atom stereocenters. The van der Waals surface area contributed by atoms with Gasteiger partial charge in [-0.25, -0.2) is 4.79 Å². The van der Waals surface area contributed by atoms with Gasteiger partial charge in [0.15, 0.2) is 0 Å². The predicted molar refractivity (Wildman–Crippen MR) is 124 cm³/mol. The van der Waals surface area contributed by atoms with Crippen LogP contribution >= 0.6 is 11.3 Å². The molecule has 10 heteroatoms. The molecule has 170 valence electrons. The Morgan fingerprint density at radius 3 is 2.39 bits per heavy atom. The SMILES string of the molecule is COC(=O)c1c(NC(=O)c2cccc([N+](=O)[O-])c2)sc(C(=O)NC(C)c2ccccc2)c1C. The highest BCUT2D eigenvalue weighted by atomic mass is 32.1. The number of nitro groups is 1. The first-order valence-electron chi connectivity index (χ1n) is 9.86. The number of non-ortho nitro benzene ring substituents is 1. The number of rotatable bonds is 7. The molecule has 0 aliphatic rings. The average Bonchev–Trinajstić information content (AvgIpc) is 3.14. The van der Waals surface area contributed by atoms with Crippen molar-refractivity contribution in [1.82, 2.24) is 5.32 Å². The lowest BCUT2D eigenvalue weighted by Crippen LogP contribution is -2.26. The lowest BCUT2D eigenvalue weighted by atomic mass is 10.1. The number of carbonyl (C=O) groups is 3. The standard InChI is InChI=1S/C23H21N3O6S/c1-13-18(23(29)32-3)22(25-20(27)16-10-7-11-17(12-16)26(30)31)33-19(13)21(28)24-14(2)15-8-5-4-6-9-15/h4-12,14H,1-3H3,(H,24,28)(H,25,27). The van der Waals surface area contributed by atoms with Gasteiger partial charge in [-0.15, -0.1) is 11.3 Å².